The van der Waals surface area contributed by atoms with Crippen LogP contribution in [0.3, 0.4) is 0 Å². The van der Waals surface area contributed by atoms with Gasteiger partial charge in [0.2, 0.25) is 0 Å². The van der Waals surface area contributed by atoms with E-state index in [-0.39, 0.29) is 17.5 Å². The predicted molar refractivity (Wildman–Crippen MR) is 112 cm³/mol. The fourth-order valence-corrected chi connectivity index (χ4v) is 2.94. The Balaban J connectivity index is 0.00000161. The van der Waals surface area contributed by atoms with Crippen LogP contribution >= 0.6 is 0 Å². The van der Waals surface area contributed by atoms with Gasteiger partial charge in [0.05, 0.1) is 16.7 Å². The Morgan fingerprint density at radius 3 is 1.66 bits per heavy atom. The first-order valence-electron chi connectivity index (χ1n) is 10.3. The average molecular weight is 462 g/mol. The lowest BCUT2D eigenvalue weighted by Crippen LogP contribution is -2.14. The largest absolute Gasteiger partial charge is 0.423 e. The number of benzene rings is 2. The van der Waals surface area contributed by atoms with Crippen molar-refractivity contribution in [2.75, 3.05) is 0 Å². The fourth-order valence-electron chi connectivity index (χ4n) is 2.94. The molecule has 0 radical (unpaired) electrons. The zero-order valence-electron chi connectivity index (χ0n) is 18.7. The second-order valence-electron chi connectivity index (χ2n) is 7.99. The van der Waals surface area contributed by atoms with Crippen LogP contribution in [-0.2, 0) is 12.4 Å². The molecule has 1 atom stereocenters. The predicted octanol–water partition coefficient (Wildman–Crippen LogP) is 8.51. The molecule has 0 aromatic heterocycles. The topological polar surface area (TPSA) is 26.3 Å². The molecule has 2 nitrogen and oxygen atoms in total. The van der Waals surface area contributed by atoms with Crippen LogP contribution in [-0.4, -0.2) is 5.97 Å². The highest BCUT2D eigenvalue weighted by atomic mass is 19.4. The van der Waals surface area contributed by atoms with Crippen molar-refractivity contribution in [3.05, 3.63) is 64.7 Å². The first kappa shape index (κ1) is 27.5. The zero-order chi connectivity index (χ0) is 24.7. The normalized spacial score (nSPS) is 12.8. The molecule has 2 aromatic rings. The summed E-state index contributed by atoms with van der Waals surface area (Å²) in [5, 5.41) is 0. The third kappa shape index (κ3) is 8.55. The van der Waals surface area contributed by atoms with Gasteiger partial charge < -0.3 is 4.74 Å². The monoisotopic (exact) mass is 462 g/mol. The molecule has 0 amide bonds. The van der Waals surface area contributed by atoms with E-state index in [1.54, 1.807) is 12.1 Å². The van der Waals surface area contributed by atoms with Crippen molar-refractivity contribution in [1.29, 1.82) is 0 Å². The summed E-state index contributed by atoms with van der Waals surface area (Å²) < 4.78 is 82.2. The van der Waals surface area contributed by atoms with Crippen LogP contribution in [0, 0.1) is 5.92 Å². The van der Waals surface area contributed by atoms with E-state index in [9.17, 15) is 31.1 Å². The summed E-state index contributed by atoms with van der Waals surface area (Å²) in [4.78, 5) is 12.2. The molecule has 0 aliphatic heterocycles. The van der Waals surface area contributed by atoms with E-state index >= 15 is 0 Å². The first-order chi connectivity index (χ1) is 14.7. The highest BCUT2D eigenvalue weighted by molar-refractivity contribution is 5.91. The number of hydrogen-bond acceptors (Lipinski definition) is 2. The second kappa shape index (κ2) is 11.4. The zero-order valence-corrected chi connectivity index (χ0v) is 18.7. The number of ether oxygens (including phenoxy) is 1. The highest BCUT2D eigenvalue weighted by Crippen LogP contribution is 2.38. The van der Waals surface area contributed by atoms with E-state index in [2.05, 4.69) is 27.7 Å². The number of esters is 1. The quantitative estimate of drug-likeness (QED) is 0.253. The van der Waals surface area contributed by atoms with Gasteiger partial charge in [0.15, 0.2) is 0 Å². The average Bonchev–Trinajstić information content (AvgIpc) is 2.66. The van der Waals surface area contributed by atoms with Crippen molar-refractivity contribution in [2.45, 2.75) is 65.7 Å². The van der Waals surface area contributed by atoms with Crippen molar-refractivity contribution < 1.29 is 35.9 Å². The molecule has 2 aromatic carbocycles. The number of halogens is 6. The maximum absolute atomic E-state index is 12.9. The Morgan fingerprint density at radius 2 is 1.28 bits per heavy atom. The molecule has 178 valence electrons. The SMILES string of the molecule is CC(C)CC(C)c1ccc(C(=O)Oc2cc(C(F)(F)F)cc(C(F)(F)F)c2)cc1.CCC. The molecular formula is C24H28F6O2. The van der Waals surface area contributed by atoms with Crippen LogP contribution in [0.2, 0.25) is 0 Å². The van der Waals surface area contributed by atoms with E-state index in [1.807, 2.05) is 6.92 Å². The van der Waals surface area contributed by atoms with Gasteiger partial charge in [-0.05, 0) is 54.2 Å². The molecule has 0 N–H and O–H groups in total. The molecule has 1 unspecified atom stereocenters. The van der Waals surface area contributed by atoms with E-state index in [0.29, 0.717) is 18.1 Å². The first-order valence-corrected chi connectivity index (χ1v) is 10.3. The summed E-state index contributed by atoms with van der Waals surface area (Å²) in [6, 6.07) is 6.97. The molecule has 0 heterocycles. The minimum absolute atomic E-state index is 0.0245. The number of alkyl halides is 6. The van der Waals surface area contributed by atoms with E-state index < -0.39 is 35.2 Å². The maximum atomic E-state index is 12.9. The Bertz CT molecular complexity index is 835. The molecule has 8 heteroatoms. The van der Waals surface area contributed by atoms with Gasteiger partial charge in [-0.2, -0.15) is 26.3 Å². The van der Waals surface area contributed by atoms with Gasteiger partial charge in [0.25, 0.3) is 0 Å². The van der Waals surface area contributed by atoms with Crippen molar-refractivity contribution >= 4 is 5.97 Å². The smallest absolute Gasteiger partial charge is 0.416 e. The summed E-state index contributed by atoms with van der Waals surface area (Å²) >= 11 is 0. The Hall–Kier alpha value is -2.51. The Kier molecular flexibility index (Phi) is 9.79. The van der Waals surface area contributed by atoms with Crippen LogP contribution in [0.1, 0.15) is 80.4 Å². The minimum atomic E-state index is -5.02. The minimum Gasteiger partial charge on any atom is -0.423 e. The molecule has 0 aliphatic rings. The summed E-state index contributed by atoms with van der Waals surface area (Å²) in [6.45, 7) is 10.4. The summed E-state index contributed by atoms with van der Waals surface area (Å²) in [7, 11) is 0. The van der Waals surface area contributed by atoms with Crippen LogP contribution in [0.5, 0.6) is 5.75 Å². The molecule has 0 aliphatic carbocycles. The van der Waals surface area contributed by atoms with Crippen LogP contribution in [0.25, 0.3) is 0 Å². The second-order valence-corrected chi connectivity index (χ2v) is 7.99. The van der Waals surface area contributed by atoms with Gasteiger partial charge in [-0.1, -0.05) is 53.2 Å². The van der Waals surface area contributed by atoms with Gasteiger partial charge in [-0.3, -0.25) is 0 Å². The molecule has 0 saturated heterocycles. The van der Waals surface area contributed by atoms with Crippen LogP contribution in [0.4, 0.5) is 26.3 Å². The van der Waals surface area contributed by atoms with Crippen molar-refractivity contribution in [1.82, 2.24) is 0 Å². The molecule has 32 heavy (non-hydrogen) atoms. The van der Waals surface area contributed by atoms with E-state index in [1.165, 1.54) is 18.6 Å². The maximum Gasteiger partial charge on any atom is 0.416 e. The van der Waals surface area contributed by atoms with Gasteiger partial charge in [0, 0.05) is 0 Å². The Labute approximate surface area is 184 Å². The van der Waals surface area contributed by atoms with Gasteiger partial charge in [0.1, 0.15) is 5.75 Å². The molecule has 0 spiro atoms. The standard InChI is InChI=1S/C21H20F6O2.C3H8/c1-12(2)8-13(3)14-4-6-15(7-5-14)19(28)29-18-10-16(20(22,23)24)9-17(11-18)21(25,26)27;1-3-2/h4-7,9-13H,8H2,1-3H3;3H2,1-2H3. The molecule has 0 bridgehead atoms. The lowest BCUT2D eigenvalue weighted by atomic mass is 9.91. The van der Waals surface area contributed by atoms with Crippen molar-refractivity contribution in [3.8, 4) is 5.75 Å². The summed E-state index contributed by atoms with van der Waals surface area (Å²) in [5.41, 5.74) is -2.11. The van der Waals surface area contributed by atoms with Crippen molar-refractivity contribution in [2.24, 2.45) is 5.92 Å². The molecule has 0 saturated carbocycles. The van der Waals surface area contributed by atoms with Crippen LogP contribution in [0.15, 0.2) is 42.5 Å². The number of rotatable bonds is 5. The highest BCUT2D eigenvalue weighted by Gasteiger charge is 2.37. The van der Waals surface area contributed by atoms with E-state index in [4.69, 9.17) is 4.74 Å². The third-order valence-corrected chi connectivity index (χ3v) is 4.31. The lowest BCUT2D eigenvalue weighted by molar-refractivity contribution is -0.143. The van der Waals surface area contributed by atoms with Gasteiger partial charge in [-0.15, -0.1) is 0 Å². The van der Waals surface area contributed by atoms with Gasteiger partial charge in [-0.25, -0.2) is 4.79 Å². The Morgan fingerprint density at radius 1 is 0.844 bits per heavy atom. The van der Waals surface area contributed by atoms with Crippen LogP contribution < -0.4 is 4.74 Å². The fraction of sp³-hybridized carbons (Fsp3) is 0.458. The van der Waals surface area contributed by atoms with Crippen molar-refractivity contribution in [3.63, 3.8) is 0 Å². The molecule has 2 rings (SSSR count). The third-order valence-electron chi connectivity index (χ3n) is 4.31. The number of carbonyl (C=O) groups excluding carboxylic acids is 1. The molecule has 0 fully saturated rings. The molecular weight excluding hydrogens is 434 g/mol. The summed E-state index contributed by atoms with van der Waals surface area (Å²) in [5.74, 6) is -1.16. The lowest BCUT2D eigenvalue weighted by Gasteiger charge is -2.15. The number of carbonyl (C=O) groups is 1. The summed E-state index contributed by atoms with van der Waals surface area (Å²) in [6.07, 6.45) is -7.86. The number of hydrogen-bond donors (Lipinski definition) is 0. The van der Waals surface area contributed by atoms with Gasteiger partial charge >= 0.3 is 18.3 Å². The van der Waals surface area contributed by atoms with E-state index in [0.717, 1.165) is 12.0 Å².